The van der Waals surface area contributed by atoms with Gasteiger partial charge in [-0.1, -0.05) is 6.92 Å². The Bertz CT molecular complexity index is 515. The normalized spacial score (nSPS) is 16.7. The third-order valence-electron chi connectivity index (χ3n) is 2.61. The molecule has 0 aromatic rings. The summed E-state index contributed by atoms with van der Waals surface area (Å²) in [7, 11) is -6.74. The first-order chi connectivity index (χ1) is 9.89. The van der Waals surface area contributed by atoms with Gasteiger partial charge in [0.05, 0.1) is 0 Å². The molecule has 0 bridgehead atoms. The first kappa shape index (κ1) is 22.2. The number of hydrogen-bond donors (Lipinski definition) is 1. The molecule has 140 valence electrons. The van der Waals surface area contributed by atoms with E-state index in [-0.39, 0.29) is 6.42 Å². The van der Waals surface area contributed by atoms with Crippen LogP contribution in [0.25, 0.3) is 0 Å². The van der Waals surface area contributed by atoms with E-state index in [1.54, 1.807) is 0 Å². The zero-order valence-corrected chi connectivity index (χ0v) is 12.3. The summed E-state index contributed by atoms with van der Waals surface area (Å²) in [6, 6.07) is 0. The molecule has 0 fully saturated rings. The SMILES string of the molecule is CCCN(C(C)O)S(=O)(=O)C(F)(F)C(F)(F)C(F)(F)C(F)(F)F. The van der Waals surface area contributed by atoms with Crippen LogP contribution < -0.4 is 0 Å². The first-order valence-corrected chi connectivity index (χ1v) is 7.23. The summed E-state index contributed by atoms with van der Waals surface area (Å²) in [4.78, 5) is 0. The third kappa shape index (κ3) is 3.38. The molecule has 1 N–H and O–H groups in total. The topological polar surface area (TPSA) is 57.6 Å². The van der Waals surface area contributed by atoms with Crippen molar-refractivity contribution in [2.24, 2.45) is 0 Å². The van der Waals surface area contributed by atoms with E-state index in [0.717, 1.165) is 6.92 Å². The van der Waals surface area contributed by atoms with Gasteiger partial charge < -0.3 is 5.11 Å². The molecule has 1 unspecified atom stereocenters. The average molecular weight is 385 g/mol. The van der Waals surface area contributed by atoms with Gasteiger partial charge in [0.2, 0.25) is 0 Å². The number of halogens is 9. The number of sulfonamides is 1. The lowest BCUT2D eigenvalue weighted by atomic mass is 10.1. The average Bonchev–Trinajstić information content (AvgIpc) is 2.32. The van der Waals surface area contributed by atoms with Crippen LogP contribution in [-0.2, 0) is 10.0 Å². The number of nitrogens with zero attached hydrogens (tertiary/aromatic N) is 1. The van der Waals surface area contributed by atoms with Crippen molar-refractivity contribution in [3.63, 3.8) is 0 Å². The molecule has 0 radical (unpaired) electrons. The van der Waals surface area contributed by atoms with Crippen molar-refractivity contribution in [2.45, 2.75) is 49.8 Å². The minimum atomic E-state index is -7.33. The van der Waals surface area contributed by atoms with Crippen molar-refractivity contribution in [1.82, 2.24) is 4.31 Å². The van der Waals surface area contributed by atoms with Crippen LogP contribution >= 0.6 is 0 Å². The van der Waals surface area contributed by atoms with Gasteiger partial charge in [0.25, 0.3) is 10.0 Å². The number of hydrogen-bond acceptors (Lipinski definition) is 3. The molecule has 0 heterocycles. The molecule has 0 saturated carbocycles. The summed E-state index contributed by atoms with van der Waals surface area (Å²) in [5.74, 6) is -14.6. The predicted molar refractivity (Wildman–Crippen MR) is 58.5 cm³/mol. The number of aliphatic hydroxyl groups is 1. The maximum Gasteiger partial charge on any atom is 0.460 e. The van der Waals surface area contributed by atoms with Crippen molar-refractivity contribution in [3.8, 4) is 0 Å². The fraction of sp³-hybridized carbons (Fsp3) is 1.00. The molecule has 0 aliphatic rings. The quantitative estimate of drug-likeness (QED) is 0.542. The highest BCUT2D eigenvalue weighted by atomic mass is 32.2. The summed E-state index contributed by atoms with van der Waals surface area (Å²) >= 11 is 0. The smallest absolute Gasteiger partial charge is 0.378 e. The van der Waals surface area contributed by atoms with Crippen LogP contribution in [0.3, 0.4) is 0 Å². The van der Waals surface area contributed by atoms with Crippen LogP contribution in [-0.4, -0.2) is 53.9 Å². The number of aliphatic hydroxyl groups excluding tert-OH is 1. The lowest BCUT2D eigenvalue weighted by Crippen LogP contribution is -2.65. The Balaban J connectivity index is 6.24. The molecule has 23 heavy (non-hydrogen) atoms. The monoisotopic (exact) mass is 385 g/mol. The second-order valence-corrected chi connectivity index (χ2v) is 6.34. The molecule has 0 rings (SSSR count). The van der Waals surface area contributed by atoms with Crippen LogP contribution in [0.1, 0.15) is 20.3 Å². The summed E-state index contributed by atoms with van der Waals surface area (Å²) in [5.41, 5.74) is 0. The Labute approximate surface area is 124 Å². The molecule has 0 aliphatic heterocycles. The Morgan fingerprint density at radius 1 is 0.957 bits per heavy atom. The van der Waals surface area contributed by atoms with E-state index < -0.39 is 50.4 Å². The lowest BCUT2D eigenvalue weighted by molar-refractivity contribution is -0.382. The van der Waals surface area contributed by atoms with E-state index in [4.69, 9.17) is 5.11 Å². The second kappa shape index (κ2) is 6.27. The van der Waals surface area contributed by atoms with Gasteiger partial charge in [0, 0.05) is 6.54 Å². The van der Waals surface area contributed by atoms with Crippen LogP contribution in [0.2, 0.25) is 0 Å². The molecule has 0 aromatic heterocycles. The van der Waals surface area contributed by atoms with Crippen molar-refractivity contribution in [1.29, 1.82) is 0 Å². The highest BCUT2D eigenvalue weighted by Crippen LogP contribution is 2.55. The van der Waals surface area contributed by atoms with Gasteiger partial charge in [0.1, 0.15) is 6.23 Å². The molecule has 0 aromatic carbocycles. The molecule has 4 nitrogen and oxygen atoms in total. The molecule has 0 spiro atoms. The maximum atomic E-state index is 13.5. The van der Waals surface area contributed by atoms with Crippen molar-refractivity contribution in [3.05, 3.63) is 0 Å². The summed E-state index contributed by atoms with van der Waals surface area (Å²) in [5, 5.41) is 2.20. The molecular formula is C9H12F9NO3S. The number of alkyl halides is 9. The number of rotatable bonds is 7. The van der Waals surface area contributed by atoms with Crippen molar-refractivity contribution < 1.29 is 53.0 Å². The Morgan fingerprint density at radius 3 is 1.61 bits per heavy atom. The molecule has 0 aliphatic carbocycles. The fourth-order valence-electron chi connectivity index (χ4n) is 1.40. The lowest BCUT2D eigenvalue weighted by Gasteiger charge is -2.36. The van der Waals surface area contributed by atoms with Gasteiger partial charge in [-0.25, -0.2) is 8.42 Å². The van der Waals surface area contributed by atoms with E-state index in [2.05, 4.69) is 0 Å². The Kier molecular flexibility index (Phi) is 6.07. The zero-order chi connectivity index (χ0) is 19.1. The maximum absolute atomic E-state index is 13.5. The molecular weight excluding hydrogens is 373 g/mol. The minimum Gasteiger partial charge on any atom is -0.378 e. The van der Waals surface area contributed by atoms with Gasteiger partial charge in [0.15, 0.2) is 0 Å². The van der Waals surface area contributed by atoms with Gasteiger partial charge in [-0.3, -0.25) is 0 Å². The third-order valence-corrected chi connectivity index (χ3v) is 4.62. The van der Waals surface area contributed by atoms with E-state index in [0.29, 0.717) is 6.92 Å². The second-order valence-electron chi connectivity index (χ2n) is 4.41. The summed E-state index contributed by atoms with van der Waals surface area (Å²) < 4.78 is 137. The fourth-order valence-corrected chi connectivity index (χ4v) is 2.97. The van der Waals surface area contributed by atoms with Crippen molar-refractivity contribution in [2.75, 3.05) is 6.54 Å². The molecule has 14 heteroatoms. The van der Waals surface area contributed by atoms with Gasteiger partial charge in [-0.2, -0.15) is 43.8 Å². The summed E-state index contributed by atoms with van der Waals surface area (Å²) in [6.07, 6.45) is -9.81. The van der Waals surface area contributed by atoms with E-state index in [1.807, 2.05) is 0 Å². The Morgan fingerprint density at radius 2 is 1.35 bits per heavy atom. The Hall–Kier alpha value is -0.760. The molecule has 0 saturated heterocycles. The zero-order valence-electron chi connectivity index (χ0n) is 11.5. The van der Waals surface area contributed by atoms with Gasteiger partial charge in [-0.15, -0.1) is 0 Å². The first-order valence-electron chi connectivity index (χ1n) is 5.79. The minimum absolute atomic E-state index is 0.318. The highest BCUT2D eigenvalue weighted by Gasteiger charge is 2.85. The van der Waals surface area contributed by atoms with E-state index in [9.17, 15) is 47.9 Å². The van der Waals surface area contributed by atoms with E-state index in [1.165, 1.54) is 0 Å². The van der Waals surface area contributed by atoms with E-state index >= 15 is 0 Å². The molecule has 1 atom stereocenters. The largest absolute Gasteiger partial charge is 0.460 e. The summed E-state index contributed by atoms with van der Waals surface area (Å²) in [6.45, 7) is 0.679. The molecule has 0 amide bonds. The highest BCUT2D eigenvalue weighted by molar-refractivity contribution is 7.90. The van der Waals surface area contributed by atoms with Crippen LogP contribution in [0, 0.1) is 0 Å². The predicted octanol–water partition coefficient (Wildman–Crippen LogP) is 2.79. The van der Waals surface area contributed by atoms with Crippen LogP contribution in [0.5, 0.6) is 0 Å². The van der Waals surface area contributed by atoms with Gasteiger partial charge >= 0.3 is 23.3 Å². The van der Waals surface area contributed by atoms with Gasteiger partial charge in [-0.05, 0) is 13.3 Å². The van der Waals surface area contributed by atoms with Crippen LogP contribution in [0.4, 0.5) is 39.5 Å². The van der Waals surface area contributed by atoms with Crippen molar-refractivity contribution >= 4 is 10.0 Å². The van der Waals surface area contributed by atoms with Crippen LogP contribution in [0.15, 0.2) is 0 Å². The standard InChI is InChI=1S/C9H12F9NO3S/c1-3-4-19(5(2)20)23(21,22)9(17,18)7(12,13)6(10,11)8(14,15)16/h5,20H,3-4H2,1-2H3.